The zero-order valence-corrected chi connectivity index (χ0v) is 9.28. The fraction of sp³-hybridized carbons (Fsp3) is 0.0909. The van der Waals surface area contributed by atoms with E-state index in [1.54, 1.807) is 12.1 Å². The standard InChI is InChI=1S/C11H9ClN2O2/c1-7-2-3-8(12)4-9(7)14-11(15)10-5-13-6-16-10/h2-6H,1H3,(H,14,15). The number of halogens is 1. The summed E-state index contributed by atoms with van der Waals surface area (Å²) < 4.78 is 4.88. The van der Waals surface area contributed by atoms with Crippen LogP contribution in [0.15, 0.2) is 35.2 Å². The van der Waals surface area contributed by atoms with Crippen LogP contribution in [0.4, 0.5) is 5.69 Å². The number of carbonyl (C=O) groups excluding carboxylic acids is 1. The van der Waals surface area contributed by atoms with Crippen LogP contribution in [0.3, 0.4) is 0 Å². The van der Waals surface area contributed by atoms with Crippen LogP contribution in [0, 0.1) is 6.92 Å². The van der Waals surface area contributed by atoms with E-state index in [4.69, 9.17) is 16.0 Å². The van der Waals surface area contributed by atoms with E-state index in [0.29, 0.717) is 10.7 Å². The van der Waals surface area contributed by atoms with Crippen molar-refractivity contribution in [2.45, 2.75) is 6.92 Å². The first kappa shape index (κ1) is 10.7. The number of anilines is 1. The average molecular weight is 237 g/mol. The third-order valence-electron chi connectivity index (χ3n) is 2.10. The Balaban J connectivity index is 2.21. The van der Waals surface area contributed by atoms with Crippen LogP contribution in [0.5, 0.6) is 0 Å². The Labute approximate surface area is 97.2 Å². The van der Waals surface area contributed by atoms with Crippen LogP contribution < -0.4 is 5.32 Å². The summed E-state index contributed by atoms with van der Waals surface area (Å²) in [5.41, 5.74) is 1.59. The lowest BCUT2D eigenvalue weighted by atomic mass is 10.2. The molecule has 0 unspecified atom stereocenters. The number of amides is 1. The fourth-order valence-electron chi connectivity index (χ4n) is 1.24. The zero-order valence-electron chi connectivity index (χ0n) is 8.53. The second kappa shape index (κ2) is 4.37. The molecule has 0 radical (unpaired) electrons. The molecule has 0 aliphatic carbocycles. The van der Waals surface area contributed by atoms with Gasteiger partial charge in [0, 0.05) is 10.7 Å². The minimum atomic E-state index is -0.345. The van der Waals surface area contributed by atoms with Gasteiger partial charge in [-0.3, -0.25) is 4.79 Å². The molecule has 2 rings (SSSR count). The minimum absolute atomic E-state index is 0.166. The topological polar surface area (TPSA) is 55.1 Å². The molecule has 0 spiro atoms. The van der Waals surface area contributed by atoms with Crippen LogP contribution >= 0.6 is 11.6 Å². The van der Waals surface area contributed by atoms with Crippen molar-refractivity contribution in [1.82, 2.24) is 4.98 Å². The highest BCUT2D eigenvalue weighted by Crippen LogP contribution is 2.20. The Morgan fingerprint density at radius 1 is 1.50 bits per heavy atom. The molecule has 4 nitrogen and oxygen atoms in total. The third kappa shape index (κ3) is 2.23. The first-order valence-corrected chi connectivity index (χ1v) is 5.00. The number of oxazole rings is 1. The monoisotopic (exact) mass is 236 g/mol. The van der Waals surface area contributed by atoms with Crippen molar-refractivity contribution in [2.75, 3.05) is 5.32 Å². The Bertz CT molecular complexity index is 509. The molecule has 0 saturated carbocycles. The molecule has 0 aliphatic rings. The first-order valence-electron chi connectivity index (χ1n) is 4.63. The molecule has 2 aromatic rings. The Morgan fingerprint density at radius 2 is 2.31 bits per heavy atom. The lowest BCUT2D eigenvalue weighted by Gasteiger charge is -2.06. The van der Waals surface area contributed by atoms with E-state index in [9.17, 15) is 4.79 Å². The number of hydrogen-bond acceptors (Lipinski definition) is 3. The maximum Gasteiger partial charge on any atom is 0.293 e. The van der Waals surface area contributed by atoms with Crippen LogP contribution in [0.25, 0.3) is 0 Å². The number of rotatable bonds is 2. The number of hydrogen-bond donors (Lipinski definition) is 1. The molecule has 0 fully saturated rings. The van der Waals surface area contributed by atoms with Gasteiger partial charge in [-0.25, -0.2) is 4.98 Å². The highest BCUT2D eigenvalue weighted by Gasteiger charge is 2.10. The van der Waals surface area contributed by atoms with E-state index in [2.05, 4.69) is 10.3 Å². The largest absolute Gasteiger partial charge is 0.438 e. The van der Waals surface area contributed by atoms with E-state index in [0.717, 1.165) is 5.56 Å². The van der Waals surface area contributed by atoms with Gasteiger partial charge in [0.1, 0.15) is 0 Å². The van der Waals surface area contributed by atoms with E-state index in [1.807, 2.05) is 13.0 Å². The highest BCUT2D eigenvalue weighted by atomic mass is 35.5. The van der Waals surface area contributed by atoms with Gasteiger partial charge in [0.25, 0.3) is 5.91 Å². The Kier molecular flexibility index (Phi) is 2.92. The molecule has 0 saturated heterocycles. The van der Waals surface area contributed by atoms with Crippen molar-refractivity contribution >= 4 is 23.2 Å². The van der Waals surface area contributed by atoms with Crippen molar-refractivity contribution in [1.29, 1.82) is 0 Å². The molecule has 82 valence electrons. The molecule has 16 heavy (non-hydrogen) atoms. The van der Waals surface area contributed by atoms with Crippen LogP contribution in [-0.4, -0.2) is 10.9 Å². The summed E-state index contributed by atoms with van der Waals surface area (Å²) in [7, 11) is 0. The molecule has 5 heteroatoms. The van der Waals surface area contributed by atoms with Gasteiger partial charge < -0.3 is 9.73 Å². The molecular formula is C11H9ClN2O2. The molecule has 1 N–H and O–H groups in total. The van der Waals surface area contributed by atoms with Crippen molar-refractivity contribution in [3.63, 3.8) is 0 Å². The SMILES string of the molecule is Cc1ccc(Cl)cc1NC(=O)c1cnco1. The predicted molar refractivity (Wildman–Crippen MR) is 60.6 cm³/mol. The summed E-state index contributed by atoms with van der Waals surface area (Å²) in [4.78, 5) is 15.3. The third-order valence-corrected chi connectivity index (χ3v) is 2.34. The summed E-state index contributed by atoms with van der Waals surface area (Å²) in [5, 5.41) is 3.26. The van der Waals surface area contributed by atoms with E-state index in [-0.39, 0.29) is 11.7 Å². The van der Waals surface area contributed by atoms with Gasteiger partial charge in [-0.15, -0.1) is 0 Å². The second-order valence-corrected chi connectivity index (χ2v) is 3.72. The molecule has 1 aromatic carbocycles. The average Bonchev–Trinajstić information content (AvgIpc) is 2.76. The van der Waals surface area contributed by atoms with E-state index >= 15 is 0 Å². The number of nitrogens with one attached hydrogen (secondary N) is 1. The van der Waals surface area contributed by atoms with Crippen molar-refractivity contribution < 1.29 is 9.21 Å². The molecule has 1 heterocycles. The van der Waals surface area contributed by atoms with Crippen LogP contribution in [0.2, 0.25) is 5.02 Å². The molecule has 1 amide bonds. The van der Waals surface area contributed by atoms with Crippen LogP contribution in [0.1, 0.15) is 16.1 Å². The summed E-state index contributed by atoms with van der Waals surface area (Å²) in [6, 6.07) is 5.28. The lowest BCUT2D eigenvalue weighted by molar-refractivity contribution is 0.0996. The number of benzene rings is 1. The molecular weight excluding hydrogens is 228 g/mol. The first-order chi connectivity index (χ1) is 7.66. The summed E-state index contributed by atoms with van der Waals surface area (Å²) in [6.07, 6.45) is 2.56. The number of nitrogens with zero attached hydrogens (tertiary/aromatic N) is 1. The summed E-state index contributed by atoms with van der Waals surface area (Å²) >= 11 is 5.84. The maximum atomic E-state index is 11.7. The van der Waals surface area contributed by atoms with Crippen molar-refractivity contribution in [2.24, 2.45) is 0 Å². The van der Waals surface area contributed by atoms with Crippen LogP contribution in [-0.2, 0) is 0 Å². The van der Waals surface area contributed by atoms with Gasteiger partial charge in [0.2, 0.25) is 5.76 Å². The molecule has 0 bridgehead atoms. The van der Waals surface area contributed by atoms with Crippen molar-refractivity contribution in [3.8, 4) is 0 Å². The Morgan fingerprint density at radius 3 is 3.00 bits per heavy atom. The van der Waals surface area contributed by atoms with Gasteiger partial charge in [0.15, 0.2) is 6.39 Å². The molecule has 1 aromatic heterocycles. The lowest BCUT2D eigenvalue weighted by Crippen LogP contribution is -2.11. The summed E-state index contributed by atoms with van der Waals surface area (Å²) in [6.45, 7) is 1.88. The molecule has 0 atom stereocenters. The normalized spacial score (nSPS) is 10.1. The van der Waals surface area contributed by atoms with Gasteiger partial charge in [0.05, 0.1) is 6.20 Å². The van der Waals surface area contributed by atoms with Gasteiger partial charge in [-0.05, 0) is 24.6 Å². The van der Waals surface area contributed by atoms with E-state index < -0.39 is 0 Å². The molecule has 0 aliphatic heterocycles. The smallest absolute Gasteiger partial charge is 0.293 e. The van der Waals surface area contributed by atoms with E-state index in [1.165, 1.54) is 12.6 Å². The highest BCUT2D eigenvalue weighted by molar-refractivity contribution is 6.31. The van der Waals surface area contributed by atoms with Gasteiger partial charge in [-0.1, -0.05) is 17.7 Å². The Hall–Kier alpha value is -1.81. The second-order valence-electron chi connectivity index (χ2n) is 3.28. The van der Waals surface area contributed by atoms with Gasteiger partial charge in [-0.2, -0.15) is 0 Å². The zero-order chi connectivity index (χ0) is 11.5. The van der Waals surface area contributed by atoms with Gasteiger partial charge >= 0.3 is 0 Å². The minimum Gasteiger partial charge on any atom is -0.438 e. The maximum absolute atomic E-state index is 11.7. The number of aromatic nitrogens is 1. The number of carbonyl (C=O) groups is 1. The fourth-order valence-corrected chi connectivity index (χ4v) is 1.41. The quantitative estimate of drug-likeness (QED) is 0.872. The summed E-state index contributed by atoms with van der Waals surface area (Å²) in [5.74, 6) is -0.178. The number of aryl methyl sites for hydroxylation is 1. The van der Waals surface area contributed by atoms with Crippen molar-refractivity contribution in [3.05, 3.63) is 47.1 Å². The predicted octanol–water partition coefficient (Wildman–Crippen LogP) is 2.89.